The molecule has 2 N–H and O–H groups in total. The van der Waals surface area contributed by atoms with E-state index < -0.39 is 11.8 Å². The maximum Gasteiger partial charge on any atom is 0.331 e. The minimum Gasteiger partial charge on any atom is -0.478 e. The van der Waals surface area contributed by atoms with Crippen molar-refractivity contribution in [3.05, 3.63) is 40.7 Å². The van der Waals surface area contributed by atoms with Gasteiger partial charge < -0.3 is 10.4 Å². The first kappa shape index (κ1) is 12.5. The van der Waals surface area contributed by atoms with E-state index in [1.54, 1.807) is 6.07 Å². The number of carbonyl (C=O) groups is 1. The fourth-order valence-corrected chi connectivity index (χ4v) is 1.22. The molecule has 0 aliphatic carbocycles. The molecular weight excluding hydrogens is 233 g/mol. The molecule has 0 heterocycles. The lowest BCUT2D eigenvalue weighted by Crippen LogP contribution is -2.04. The van der Waals surface area contributed by atoms with Gasteiger partial charge in [0.15, 0.2) is 5.82 Å². The van der Waals surface area contributed by atoms with Crippen LogP contribution in [0.25, 0.3) is 0 Å². The van der Waals surface area contributed by atoms with Crippen molar-refractivity contribution in [1.29, 1.82) is 0 Å². The number of rotatable bonds is 4. The summed E-state index contributed by atoms with van der Waals surface area (Å²) in [5, 5.41) is 11.4. The third kappa shape index (κ3) is 3.24. The Bertz CT molecular complexity index is 432. The maximum atomic E-state index is 13.4. The largest absolute Gasteiger partial charge is 0.478 e. The molecule has 1 aromatic carbocycles. The normalized spacial score (nSPS) is 11.3. The van der Waals surface area contributed by atoms with Crippen LogP contribution >= 0.6 is 11.6 Å². The molecule has 5 heteroatoms. The molecule has 0 aliphatic rings. The van der Waals surface area contributed by atoms with Crippen LogP contribution in [0.5, 0.6) is 0 Å². The second-order valence-corrected chi connectivity index (χ2v) is 3.58. The summed E-state index contributed by atoms with van der Waals surface area (Å²) < 4.78 is 13.4. The van der Waals surface area contributed by atoms with Gasteiger partial charge in [-0.25, -0.2) is 9.18 Å². The van der Waals surface area contributed by atoms with Gasteiger partial charge in [-0.1, -0.05) is 23.7 Å². The molecule has 0 bridgehead atoms. The van der Waals surface area contributed by atoms with Gasteiger partial charge in [0.25, 0.3) is 0 Å². The van der Waals surface area contributed by atoms with Crippen molar-refractivity contribution >= 4 is 23.3 Å². The van der Waals surface area contributed by atoms with Gasteiger partial charge in [0, 0.05) is 12.1 Å². The van der Waals surface area contributed by atoms with E-state index >= 15 is 0 Å². The van der Waals surface area contributed by atoms with E-state index in [4.69, 9.17) is 16.7 Å². The maximum absolute atomic E-state index is 13.4. The highest BCUT2D eigenvalue weighted by Crippen LogP contribution is 2.21. The highest BCUT2D eigenvalue weighted by Gasteiger charge is 2.04. The molecule has 3 nitrogen and oxygen atoms in total. The standard InChI is InChI=1S/C11H11ClFNO2/c1-7(11(15)16)5-6-14-9-4-2-3-8(12)10(9)13/h2-5,14H,6H2,1H3,(H,15,16)/b7-5-. The number of carboxylic acids is 1. The minimum absolute atomic E-state index is 0.0314. The van der Waals surface area contributed by atoms with Crippen molar-refractivity contribution < 1.29 is 14.3 Å². The van der Waals surface area contributed by atoms with Crippen LogP contribution in [0.3, 0.4) is 0 Å². The second-order valence-electron chi connectivity index (χ2n) is 3.17. The SMILES string of the molecule is C/C(=C/CNc1cccc(Cl)c1F)C(=O)O. The highest BCUT2D eigenvalue weighted by atomic mass is 35.5. The smallest absolute Gasteiger partial charge is 0.331 e. The van der Waals surface area contributed by atoms with E-state index in [9.17, 15) is 9.18 Å². The molecule has 0 spiro atoms. The fraction of sp³-hybridized carbons (Fsp3) is 0.182. The molecule has 0 saturated carbocycles. The molecule has 0 amide bonds. The lowest BCUT2D eigenvalue weighted by molar-refractivity contribution is -0.132. The Morgan fingerprint density at radius 3 is 2.94 bits per heavy atom. The van der Waals surface area contributed by atoms with Crippen molar-refractivity contribution in [3.63, 3.8) is 0 Å². The Morgan fingerprint density at radius 2 is 2.31 bits per heavy atom. The zero-order valence-corrected chi connectivity index (χ0v) is 9.38. The fourth-order valence-electron chi connectivity index (χ4n) is 1.04. The van der Waals surface area contributed by atoms with Gasteiger partial charge in [-0.2, -0.15) is 0 Å². The van der Waals surface area contributed by atoms with Crippen LogP contribution in [-0.2, 0) is 4.79 Å². The first-order valence-corrected chi connectivity index (χ1v) is 4.98. The van der Waals surface area contributed by atoms with Crippen LogP contribution in [0.1, 0.15) is 6.92 Å². The molecule has 0 fully saturated rings. The van der Waals surface area contributed by atoms with Crippen LogP contribution in [0.4, 0.5) is 10.1 Å². The van der Waals surface area contributed by atoms with Gasteiger partial charge >= 0.3 is 5.97 Å². The van der Waals surface area contributed by atoms with Gasteiger partial charge in [0.05, 0.1) is 10.7 Å². The molecule has 0 aromatic heterocycles. The lowest BCUT2D eigenvalue weighted by Gasteiger charge is -2.05. The molecule has 0 unspecified atom stereocenters. The first-order valence-electron chi connectivity index (χ1n) is 4.60. The Labute approximate surface area is 97.5 Å². The Morgan fingerprint density at radius 1 is 1.62 bits per heavy atom. The van der Waals surface area contributed by atoms with Crippen molar-refractivity contribution in [3.8, 4) is 0 Å². The number of anilines is 1. The van der Waals surface area contributed by atoms with Crippen LogP contribution in [-0.4, -0.2) is 17.6 Å². The van der Waals surface area contributed by atoms with E-state index in [0.29, 0.717) is 0 Å². The Balaban J connectivity index is 2.66. The molecule has 86 valence electrons. The molecular formula is C11H11ClFNO2. The summed E-state index contributed by atoms with van der Waals surface area (Å²) in [4.78, 5) is 10.5. The van der Waals surface area contributed by atoms with Crippen LogP contribution in [0, 0.1) is 5.82 Å². The summed E-state index contributed by atoms with van der Waals surface area (Å²) in [6.07, 6.45) is 1.46. The number of hydrogen-bond donors (Lipinski definition) is 2. The number of halogens is 2. The summed E-state index contributed by atoms with van der Waals surface area (Å²) in [6, 6.07) is 4.59. The quantitative estimate of drug-likeness (QED) is 0.800. The van der Waals surface area contributed by atoms with E-state index in [0.717, 1.165) is 0 Å². The number of benzene rings is 1. The molecule has 0 atom stereocenters. The average molecular weight is 244 g/mol. The van der Waals surface area contributed by atoms with E-state index in [-0.39, 0.29) is 22.8 Å². The van der Waals surface area contributed by atoms with Gasteiger partial charge in [0.2, 0.25) is 0 Å². The topological polar surface area (TPSA) is 49.3 Å². The van der Waals surface area contributed by atoms with Crippen molar-refractivity contribution in [2.75, 3.05) is 11.9 Å². The lowest BCUT2D eigenvalue weighted by atomic mass is 10.2. The summed E-state index contributed by atoms with van der Waals surface area (Å²) >= 11 is 5.58. The van der Waals surface area contributed by atoms with Crippen LogP contribution in [0.15, 0.2) is 29.8 Å². The Kier molecular flexibility index (Phi) is 4.31. The molecule has 1 rings (SSSR count). The van der Waals surface area contributed by atoms with Crippen LogP contribution in [0.2, 0.25) is 5.02 Å². The first-order chi connectivity index (χ1) is 7.52. The van der Waals surface area contributed by atoms with Gasteiger partial charge in [-0.15, -0.1) is 0 Å². The zero-order chi connectivity index (χ0) is 12.1. The average Bonchev–Trinajstić information content (AvgIpc) is 2.24. The van der Waals surface area contributed by atoms with Crippen LogP contribution < -0.4 is 5.32 Å². The molecule has 0 radical (unpaired) electrons. The molecule has 1 aromatic rings. The number of hydrogen-bond acceptors (Lipinski definition) is 2. The van der Waals surface area contributed by atoms with E-state index in [1.165, 1.54) is 25.1 Å². The molecule has 16 heavy (non-hydrogen) atoms. The molecule has 0 saturated heterocycles. The third-order valence-corrected chi connectivity index (χ3v) is 2.28. The van der Waals surface area contributed by atoms with Crippen molar-refractivity contribution in [2.24, 2.45) is 0 Å². The monoisotopic (exact) mass is 243 g/mol. The predicted molar refractivity (Wildman–Crippen MR) is 61.3 cm³/mol. The third-order valence-electron chi connectivity index (χ3n) is 1.99. The van der Waals surface area contributed by atoms with Gasteiger partial charge in [-0.05, 0) is 19.1 Å². The zero-order valence-electron chi connectivity index (χ0n) is 8.63. The van der Waals surface area contributed by atoms with Gasteiger partial charge in [0.1, 0.15) is 0 Å². The van der Waals surface area contributed by atoms with E-state index in [2.05, 4.69) is 5.32 Å². The highest BCUT2D eigenvalue weighted by molar-refractivity contribution is 6.31. The summed E-state index contributed by atoms with van der Waals surface area (Å²) in [6.45, 7) is 1.70. The van der Waals surface area contributed by atoms with Gasteiger partial charge in [-0.3, -0.25) is 0 Å². The van der Waals surface area contributed by atoms with Crippen molar-refractivity contribution in [2.45, 2.75) is 6.92 Å². The summed E-state index contributed by atoms with van der Waals surface area (Å²) in [7, 11) is 0. The summed E-state index contributed by atoms with van der Waals surface area (Å²) in [5.41, 5.74) is 0.455. The predicted octanol–water partition coefficient (Wildman–Crippen LogP) is 2.92. The number of aliphatic carboxylic acids is 1. The Hall–Kier alpha value is -1.55. The number of nitrogens with one attached hydrogen (secondary N) is 1. The second kappa shape index (κ2) is 5.51. The molecule has 0 aliphatic heterocycles. The van der Waals surface area contributed by atoms with E-state index in [1.807, 2.05) is 0 Å². The number of carboxylic acid groups (broad SMARTS) is 1. The minimum atomic E-state index is -0.992. The summed E-state index contributed by atoms with van der Waals surface area (Å²) in [5.74, 6) is -1.53. The van der Waals surface area contributed by atoms with Crippen molar-refractivity contribution in [1.82, 2.24) is 0 Å².